The van der Waals surface area contributed by atoms with Crippen LogP contribution in [0.4, 0.5) is 0 Å². The molecule has 0 aliphatic rings. The van der Waals surface area contributed by atoms with Crippen LogP contribution in [0.3, 0.4) is 0 Å². The van der Waals surface area contributed by atoms with Gasteiger partial charge in [0.1, 0.15) is 17.4 Å². The Hall–Kier alpha value is -1.07. The number of ether oxygens (including phenoxy) is 1. The van der Waals surface area contributed by atoms with Crippen LogP contribution >= 0.6 is 15.9 Å². The fourth-order valence-electron chi connectivity index (χ4n) is 1.07. The van der Waals surface area contributed by atoms with Gasteiger partial charge in [0.25, 0.3) is 0 Å². The quantitative estimate of drug-likeness (QED) is 0.892. The number of carboxylic acid groups (broad SMARTS) is 1. The number of carboxylic acids is 1. The van der Waals surface area contributed by atoms with E-state index < -0.39 is 18.2 Å². The van der Waals surface area contributed by atoms with Gasteiger partial charge in [0.15, 0.2) is 0 Å². The molecule has 1 rings (SSSR count). The molecule has 0 fully saturated rings. The highest BCUT2D eigenvalue weighted by Crippen LogP contribution is 2.24. The van der Waals surface area contributed by atoms with Gasteiger partial charge in [0.2, 0.25) is 0 Å². The largest absolute Gasteiger partial charge is 0.487 e. The zero-order chi connectivity index (χ0) is 12.3. The second kappa shape index (κ2) is 5.32. The van der Waals surface area contributed by atoms with Gasteiger partial charge in [-0.25, -0.2) is 4.79 Å². The summed E-state index contributed by atoms with van der Waals surface area (Å²) in [6, 6.07) is 4.72. The Morgan fingerprint density at radius 3 is 2.56 bits per heavy atom. The minimum Gasteiger partial charge on any atom is -0.487 e. The summed E-state index contributed by atoms with van der Waals surface area (Å²) in [7, 11) is 0. The number of rotatable bonds is 4. The molecule has 0 bridgehead atoms. The molecular formula is C11H13BrO4. The van der Waals surface area contributed by atoms with Gasteiger partial charge in [-0.05, 0) is 32.0 Å². The van der Waals surface area contributed by atoms with Crippen molar-refractivity contribution in [3.05, 3.63) is 28.2 Å². The Morgan fingerprint density at radius 1 is 1.44 bits per heavy atom. The Kier molecular flexibility index (Phi) is 4.32. The lowest BCUT2D eigenvalue weighted by molar-refractivity contribution is 0.0560. The van der Waals surface area contributed by atoms with Crippen LogP contribution in [0.25, 0.3) is 0 Å². The van der Waals surface area contributed by atoms with Crippen molar-refractivity contribution in [2.45, 2.75) is 26.1 Å². The van der Waals surface area contributed by atoms with E-state index in [1.165, 1.54) is 6.07 Å². The maximum absolute atomic E-state index is 11.0. The van der Waals surface area contributed by atoms with E-state index in [0.717, 1.165) is 0 Å². The number of hydrogen-bond donors (Lipinski definition) is 2. The van der Waals surface area contributed by atoms with Crippen LogP contribution in [-0.2, 0) is 0 Å². The molecule has 16 heavy (non-hydrogen) atoms. The molecule has 0 saturated heterocycles. The highest BCUT2D eigenvalue weighted by atomic mass is 79.9. The number of aliphatic hydroxyl groups is 1. The lowest BCUT2D eigenvalue weighted by Crippen LogP contribution is -2.26. The van der Waals surface area contributed by atoms with Crippen LogP contribution in [0.1, 0.15) is 24.2 Å². The molecule has 5 heteroatoms. The first-order valence-electron chi connectivity index (χ1n) is 4.79. The lowest BCUT2D eigenvalue weighted by Gasteiger charge is -2.18. The predicted octanol–water partition coefficient (Wildman–Crippen LogP) is 2.30. The molecule has 0 saturated carbocycles. The molecule has 0 heterocycles. The SMILES string of the molecule is CC(O)C(C)Oc1ccc(Br)cc1C(=O)O. The molecule has 0 amide bonds. The number of benzene rings is 1. The predicted molar refractivity (Wildman–Crippen MR) is 62.9 cm³/mol. The maximum Gasteiger partial charge on any atom is 0.339 e. The molecule has 0 radical (unpaired) electrons. The van der Waals surface area contributed by atoms with Crippen molar-refractivity contribution in [1.29, 1.82) is 0 Å². The summed E-state index contributed by atoms with van der Waals surface area (Å²) in [5, 5.41) is 18.3. The highest BCUT2D eigenvalue weighted by molar-refractivity contribution is 9.10. The summed E-state index contributed by atoms with van der Waals surface area (Å²) in [5.41, 5.74) is 0.0712. The second-order valence-corrected chi connectivity index (χ2v) is 4.42. The number of hydrogen-bond acceptors (Lipinski definition) is 3. The van der Waals surface area contributed by atoms with Crippen molar-refractivity contribution >= 4 is 21.9 Å². The molecule has 1 aromatic carbocycles. The van der Waals surface area contributed by atoms with Crippen LogP contribution in [0.2, 0.25) is 0 Å². The molecule has 0 aromatic heterocycles. The average molecular weight is 289 g/mol. The van der Waals surface area contributed by atoms with Gasteiger partial charge in [-0.1, -0.05) is 15.9 Å². The zero-order valence-electron chi connectivity index (χ0n) is 8.98. The van der Waals surface area contributed by atoms with Crippen molar-refractivity contribution in [2.75, 3.05) is 0 Å². The van der Waals surface area contributed by atoms with E-state index in [4.69, 9.17) is 9.84 Å². The van der Waals surface area contributed by atoms with E-state index in [0.29, 0.717) is 4.47 Å². The van der Waals surface area contributed by atoms with Crippen LogP contribution < -0.4 is 4.74 Å². The molecule has 1 aromatic rings. The topological polar surface area (TPSA) is 66.8 Å². The molecule has 4 nitrogen and oxygen atoms in total. The van der Waals surface area contributed by atoms with Gasteiger partial charge >= 0.3 is 5.97 Å². The smallest absolute Gasteiger partial charge is 0.339 e. The summed E-state index contributed by atoms with van der Waals surface area (Å²) in [4.78, 5) is 11.0. The summed E-state index contributed by atoms with van der Waals surface area (Å²) in [6.45, 7) is 3.27. The minimum atomic E-state index is -1.06. The summed E-state index contributed by atoms with van der Waals surface area (Å²) < 4.78 is 6.04. The maximum atomic E-state index is 11.0. The normalized spacial score (nSPS) is 14.2. The summed E-state index contributed by atoms with van der Waals surface area (Å²) in [6.07, 6.45) is -1.12. The van der Waals surface area contributed by atoms with Gasteiger partial charge in [0.05, 0.1) is 6.10 Å². The Bertz CT molecular complexity index is 390. The molecule has 2 unspecified atom stereocenters. The van der Waals surface area contributed by atoms with E-state index in [2.05, 4.69) is 15.9 Å². The van der Waals surface area contributed by atoms with Gasteiger partial charge in [0, 0.05) is 4.47 Å². The molecule has 0 aliphatic carbocycles. The first-order valence-corrected chi connectivity index (χ1v) is 5.58. The molecule has 2 atom stereocenters. The summed E-state index contributed by atoms with van der Waals surface area (Å²) in [5.74, 6) is -0.807. The minimum absolute atomic E-state index is 0.0712. The van der Waals surface area contributed by atoms with Gasteiger partial charge in [-0.3, -0.25) is 0 Å². The number of carbonyl (C=O) groups is 1. The molecule has 0 aliphatic heterocycles. The van der Waals surface area contributed by atoms with Crippen LogP contribution in [0.5, 0.6) is 5.75 Å². The number of halogens is 1. The van der Waals surface area contributed by atoms with Crippen molar-refractivity contribution in [2.24, 2.45) is 0 Å². The first kappa shape index (κ1) is 13.0. The highest BCUT2D eigenvalue weighted by Gasteiger charge is 2.16. The molecular weight excluding hydrogens is 276 g/mol. The van der Waals surface area contributed by atoms with Gasteiger partial charge < -0.3 is 14.9 Å². The van der Waals surface area contributed by atoms with E-state index in [9.17, 15) is 9.90 Å². The molecule has 2 N–H and O–H groups in total. The van der Waals surface area contributed by atoms with Crippen LogP contribution in [0.15, 0.2) is 22.7 Å². The third kappa shape index (κ3) is 3.21. The average Bonchev–Trinajstić information content (AvgIpc) is 2.20. The fraction of sp³-hybridized carbons (Fsp3) is 0.364. The Balaban J connectivity index is 2.99. The van der Waals surface area contributed by atoms with E-state index in [-0.39, 0.29) is 11.3 Å². The van der Waals surface area contributed by atoms with Gasteiger partial charge in [-0.15, -0.1) is 0 Å². The standard InChI is InChI=1S/C11H13BrO4/c1-6(13)7(2)16-10-4-3-8(12)5-9(10)11(14)15/h3-7,13H,1-2H3,(H,14,15). The Labute approximate surface area is 102 Å². The zero-order valence-corrected chi connectivity index (χ0v) is 10.6. The lowest BCUT2D eigenvalue weighted by atomic mass is 10.2. The molecule has 0 spiro atoms. The van der Waals surface area contributed by atoms with Gasteiger partial charge in [-0.2, -0.15) is 0 Å². The third-order valence-electron chi connectivity index (χ3n) is 2.16. The summed E-state index contributed by atoms with van der Waals surface area (Å²) >= 11 is 3.19. The van der Waals surface area contributed by atoms with Crippen molar-refractivity contribution in [3.8, 4) is 5.75 Å². The van der Waals surface area contributed by atoms with Crippen molar-refractivity contribution in [3.63, 3.8) is 0 Å². The van der Waals surface area contributed by atoms with Crippen LogP contribution in [0, 0.1) is 0 Å². The van der Waals surface area contributed by atoms with Crippen LogP contribution in [-0.4, -0.2) is 28.4 Å². The Morgan fingerprint density at radius 2 is 2.06 bits per heavy atom. The second-order valence-electron chi connectivity index (χ2n) is 3.51. The fourth-order valence-corrected chi connectivity index (χ4v) is 1.43. The van der Waals surface area contributed by atoms with E-state index in [1.807, 2.05) is 0 Å². The number of aliphatic hydroxyl groups excluding tert-OH is 1. The third-order valence-corrected chi connectivity index (χ3v) is 2.66. The van der Waals surface area contributed by atoms with Crippen molar-refractivity contribution in [1.82, 2.24) is 0 Å². The monoisotopic (exact) mass is 288 g/mol. The first-order chi connectivity index (χ1) is 7.41. The number of aromatic carboxylic acids is 1. The molecule has 88 valence electrons. The van der Waals surface area contributed by atoms with E-state index >= 15 is 0 Å². The van der Waals surface area contributed by atoms with Crippen molar-refractivity contribution < 1.29 is 19.7 Å². The van der Waals surface area contributed by atoms with E-state index in [1.54, 1.807) is 26.0 Å².